The lowest BCUT2D eigenvalue weighted by Gasteiger charge is -2.27. The Morgan fingerprint density at radius 3 is 1.00 bits per heavy atom. The van der Waals surface area contributed by atoms with Gasteiger partial charge in [0.1, 0.15) is 0 Å². The first-order valence-electron chi connectivity index (χ1n) is 6.91. The summed E-state index contributed by atoms with van der Waals surface area (Å²) in [5, 5.41) is 0. The first-order valence-corrected chi connectivity index (χ1v) is 6.91. The Labute approximate surface area is 140 Å². The molecule has 0 N–H and O–H groups in total. The van der Waals surface area contributed by atoms with Crippen LogP contribution in [0, 0.1) is 0 Å². The van der Waals surface area contributed by atoms with E-state index in [-0.39, 0.29) is 11.1 Å². The van der Waals surface area contributed by atoms with E-state index in [0.29, 0.717) is 0 Å². The molecule has 0 spiro atoms. The van der Waals surface area contributed by atoms with Gasteiger partial charge in [-0.05, 0) is 13.8 Å². The summed E-state index contributed by atoms with van der Waals surface area (Å²) in [5.74, 6) is -7.87. The minimum Gasteiger partial charge on any atom is -0.420 e. The van der Waals surface area contributed by atoms with Gasteiger partial charge in [-0.25, -0.2) is 19.2 Å². The molecular formula is C16H22O8. The maximum absolute atomic E-state index is 11.7. The van der Waals surface area contributed by atoms with Gasteiger partial charge in [0.2, 0.25) is 0 Å². The number of esters is 4. The Bertz CT molecular complexity index is 531. The predicted molar refractivity (Wildman–Crippen MR) is 82.2 cm³/mol. The largest absolute Gasteiger partial charge is 0.420 e. The average Bonchev–Trinajstić information content (AvgIpc) is 2.35. The normalized spacial score (nSPS) is 11.1. The van der Waals surface area contributed by atoms with E-state index in [1.54, 1.807) is 0 Å². The third-order valence-electron chi connectivity index (χ3n) is 2.22. The zero-order valence-electron chi connectivity index (χ0n) is 14.7. The van der Waals surface area contributed by atoms with Crippen molar-refractivity contribution in [2.45, 2.75) is 53.1 Å². The second-order valence-corrected chi connectivity index (χ2v) is 5.92. The summed E-state index contributed by atoms with van der Waals surface area (Å²) >= 11 is 0. The van der Waals surface area contributed by atoms with Crippen LogP contribution in [0.25, 0.3) is 0 Å². The molecule has 0 rings (SSSR count). The minimum absolute atomic E-state index is 0.0922. The van der Waals surface area contributed by atoms with Crippen molar-refractivity contribution in [2.24, 2.45) is 0 Å². The van der Waals surface area contributed by atoms with Crippen LogP contribution in [-0.2, 0) is 38.1 Å². The molecule has 0 unspecified atom stereocenters. The second kappa shape index (κ2) is 7.76. The molecule has 0 aliphatic rings. The van der Waals surface area contributed by atoms with E-state index in [1.165, 1.54) is 41.5 Å². The van der Waals surface area contributed by atoms with E-state index < -0.39 is 35.5 Å². The molecule has 0 aromatic rings. The number of rotatable bonds is 6. The monoisotopic (exact) mass is 342 g/mol. The van der Waals surface area contributed by atoms with Crippen LogP contribution in [0.2, 0.25) is 0 Å². The van der Waals surface area contributed by atoms with Crippen molar-refractivity contribution in [3.05, 3.63) is 24.3 Å². The fourth-order valence-electron chi connectivity index (χ4n) is 1.19. The quantitative estimate of drug-likeness (QED) is 0.311. The van der Waals surface area contributed by atoms with Gasteiger partial charge in [0, 0.05) is 38.8 Å². The SMILES string of the molecule is C=C(C)C(=O)OC(C)(C)OC(=O)C(=O)OC(C)(C)OC(=O)C(=C)C. The molecule has 0 aromatic heterocycles. The standard InChI is InChI=1S/C16H22O8/c1-9(2)11(17)21-15(5,6)23-13(19)14(20)24-16(7,8)22-12(18)10(3)4/h1,3H2,2,4-8H3. The molecule has 24 heavy (non-hydrogen) atoms. The molecule has 0 aliphatic carbocycles. The lowest BCUT2D eigenvalue weighted by atomic mass is 10.3. The average molecular weight is 342 g/mol. The van der Waals surface area contributed by atoms with Crippen LogP contribution in [0.3, 0.4) is 0 Å². The summed E-state index contributed by atoms with van der Waals surface area (Å²) in [5.41, 5.74) is 0.184. The smallest absolute Gasteiger partial charge is 0.420 e. The van der Waals surface area contributed by atoms with Gasteiger partial charge >= 0.3 is 23.9 Å². The van der Waals surface area contributed by atoms with Crippen LogP contribution in [0.4, 0.5) is 0 Å². The van der Waals surface area contributed by atoms with E-state index in [2.05, 4.69) is 13.2 Å². The summed E-state index contributed by atoms with van der Waals surface area (Å²) in [6.07, 6.45) is 0. The number of hydrogen-bond donors (Lipinski definition) is 0. The maximum Gasteiger partial charge on any atom is 0.420 e. The molecule has 0 aliphatic heterocycles. The summed E-state index contributed by atoms with van der Waals surface area (Å²) in [7, 11) is 0. The van der Waals surface area contributed by atoms with Crippen LogP contribution in [0.15, 0.2) is 24.3 Å². The lowest BCUT2D eigenvalue weighted by molar-refractivity contribution is -0.233. The predicted octanol–water partition coefficient (Wildman–Crippen LogP) is 1.78. The van der Waals surface area contributed by atoms with Crippen molar-refractivity contribution in [3.8, 4) is 0 Å². The van der Waals surface area contributed by atoms with Gasteiger partial charge in [-0.3, -0.25) is 0 Å². The maximum atomic E-state index is 11.7. The Balaban J connectivity index is 4.80. The van der Waals surface area contributed by atoms with E-state index >= 15 is 0 Å². The van der Waals surface area contributed by atoms with Crippen molar-refractivity contribution in [3.63, 3.8) is 0 Å². The fourth-order valence-corrected chi connectivity index (χ4v) is 1.19. The lowest BCUT2D eigenvalue weighted by Crippen LogP contribution is -2.41. The van der Waals surface area contributed by atoms with E-state index in [1.807, 2.05) is 0 Å². The van der Waals surface area contributed by atoms with E-state index in [4.69, 9.17) is 18.9 Å². The molecule has 0 amide bonds. The number of carbonyl (C=O) groups excluding carboxylic acids is 4. The molecule has 134 valence electrons. The van der Waals surface area contributed by atoms with Crippen molar-refractivity contribution in [1.29, 1.82) is 0 Å². The molecule has 0 atom stereocenters. The zero-order valence-corrected chi connectivity index (χ0v) is 14.7. The molecular weight excluding hydrogens is 320 g/mol. The highest BCUT2D eigenvalue weighted by atomic mass is 16.8. The third-order valence-corrected chi connectivity index (χ3v) is 2.22. The van der Waals surface area contributed by atoms with E-state index in [0.717, 1.165) is 0 Å². The first-order chi connectivity index (χ1) is 10.7. The van der Waals surface area contributed by atoms with Gasteiger partial charge in [0.25, 0.3) is 11.6 Å². The van der Waals surface area contributed by atoms with Crippen LogP contribution in [0.1, 0.15) is 41.5 Å². The van der Waals surface area contributed by atoms with Crippen LogP contribution < -0.4 is 0 Å². The van der Waals surface area contributed by atoms with Crippen molar-refractivity contribution >= 4 is 23.9 Å². The van der Waals surface area contributed by atoms with Gasteiger partial charge in [-0.2, -0.15) is 0 Å². The minimum atomic E-state index is -1.72. The molecule has 0 saturated carbocycles. The van der Waals surface area contributed by atoms with Crippen LogP contribution in [0.5, 0.6) is 0 Å². The molecule has 0 radical (unpaired) electrons. The van der Waals surface area contributed by atoms with Gasteiger partial charge in [-0.15, -0.1) is 0 Å². The van der Waals surface area contributed by atoms with Crippen molar-refractivity contribution < 1.29 is 38.1 Å². The number of ether oxygens (including phenoxy) is 4. The Hall–Kier alpha value is -2.64. The fraction of sp³-hybridized carbons (Fsp3) is 0.500. The summed E-state index contributed by atoms with van der Waals surface area (Å²) < 4.78 is 19.2. The third kappa shape index (κ3) is 7.57. The van der Waals surface area contributed by atoms with Gasteiger partial charge in [0.05, 0.1) is 0 Å². The molecule has 0 bridgehead atoms. The Kier molecular flexibility index (Phi) is 6.91. The highest BCUT2D eigenvalue weighted by Gasteiger charge is 2.36. The molecule has 8 nitrogen and oxygen atoms in total. The van der Waals surface area contributed by atoms with Gasteiger partial charge in [-0.1, -0.05) is 13.2 Å². The molecule has 0 fully saturated rings. The van der Waals surface area contributed by atoms with Crippen LogP contribution in [-0.4, -0.2) is 35.5 Å². The van der Waals surface area contributed by atoms with Crippen LogP contribution >= 0.6 is 0 Å². The topological polar surface area (TPSA) is 105 Å². The van der Waals surface area contributed by atoms with Gasteiger partial charge in [0.15, 0.2) is 0 Å². The highest BCUT2D eigenvalue weighted by molar-refractivity contribution is 6.29. The molecule has 8 heteroatoms. The zero-order chi connectivity index (χ0) is 19.3. The van der Waals surface area contributed by atoms with Gasteiger partial charge < -0.3 is 18.9 Å². The second-order valence-electron chi connectivity index (χ2n) is 5.92. The van der Waals surface area contributed by atoms with Crippen molar-refractivity contribution in [1.82, 2.24) is 0 Å². The summed E-state index contributed by atoms with van der Waals surface area (Å²) in [6, 6.07) is 0. The summed E-state index contributed by atoms with van der Waals surface area (Å²) in [4.78, 5) is 46.3. The molecule has 0 aromatic carbocycles. The molecule has 0 saturated heterocycles. The number of hydrogen-bond acceptors (Lipinski definition) is 8. The van der Waals surface area contributed by atoms with E-state index in [9.17, 15) is 19.2 Å². The first kappa shape index (κ1) is 21.4. The summed E-state index contributed by atoms with van der Waals surface area (Å²) in [6.45, 7) is 14.6. The Morgan fingerprint density at radius 2 is 0.792 bits per heavy atom. The van der Waals surface area contributed by atoms with Crippen molar-refractivity contribution in [2.75, 3.05) is 0 Å². The number of carbonyl (C=O) groups is 4. The Morgan fingerprint density at radius 1 is 0.583 bits per heavy atom. The molecule has 0 heterocycles. The highest BCUT2D eigenvalue weighted by Crippen LogP contribution is 2.17.